The minimum atomic E-state index is -4.69. The smallest absolute Gasteiger partial charge is 0.326 e. The topological polar surface area (TPSA) is 29.3 Å². The highest BCUT2D eigenvalue weighted by Gasteiger charge is 2.38. The molecular formula is C14H18F4N2. The average Bonchev–Trinajstić information content (AvgIpc) is 2.70. The van der Waals surface area contributed by atoms with Gasteiger partial charge in [-0.3, -0.25) is 4.90 Å². The van der Waals surface area contributed by atoms with Crippen LogP contribution in [0.3, 0.4) is 0 Å². The van der Waals surface area contributed by atoms with Crippen molar-refractivity contribution in [3.8, 4) is 0 Å². The third-order valence-electron chi connectivity index (χ3n) is 3.78. The van der Waals surface area contributed by atoms with Crippen LogP contribution in [0.15, 0.2) is 18.2 Å². The molecule has 1 aliphatic heterocycles. The first-order valence-electron chi connectivity index (χ1n) is 6.59. The largest absolute Gasteiger partial charge is 0.419 e. The summed E-state index contributed by atoms with van der Waals surface area (Å²) in [6, 6.07) is 2.81. The standard InChI is InChI=1S/C14H18F4N2/c1-8(2)20-6-5-12(19)13(20)9-3-4-11(15)10(7-9)14(16,17)18/h3-4,7-8,12-13H,5-6,19H2,1-2H3. The van der Waals surface area contributed by atoms with Crippen LogP contribution < -0.4 is 5.73 Å². The van der Waals surface area contributed by atoms with E-state index in [1.165, 1.54) is 6.07 Å². The Morgan fingerprint density at radius 2 is 1.95 bits per heavy atom. The Kier molecular flexibility index (Phi) is 4.07. The summed E-state index contributed by atoms with van der Waals surface area (Å²) >= 11 is 0. The summed E-state index contributed by atoms with van der Waals surface area (Å²) in [5.74, 6) is -1.25. The highest BCUT2D eigenvalue weighted by Crippen LogP contribution is 2.37. The van der Waals surface area contributed by atoms with Crippen molar-refractivity contribution in [2.45, 2.75) is 44.6 Å². The quantitative estimate of drug-likeness (QED) is 0.847. The monoisotopic (exact) mass is 290 g/mol. The maximum Gasteiger partial charge on any atom is 0.419 e. The molecule has 20 heavy (non-hydrogen) atoms. The Hall–Kier alpha value is -1.14. The van der Waals surface area contributed by atoms with E-state index in [0.717, 1.165) is 25.1 Å². The van der Waals surface area contributed by atoms with Gasteiger partial charge in [0.2, 0.25) is 0 Å². The van der Waals surface area contributed by atoms with Crippen LogP contribution in [-0.4, -0.2) is 23.5 Å². The van der Waals surface area contributed by atoms with Crippen molar-refractivity contribution in [3.63, 3.8) is 0 Å². The van der Waals surface area contributed by atoms with Crippen molar-refractivity contribution >= 4 is 0 Å². The Morgan fingerprint density at radius 1 is 1.30 bits per heavy atom. The highest BCUT2D eigenvalue weighted by molar-refractivity contribution is 5.31. The lowest BCUT2D eigenvalue weighted by Crippen LogP contribution is -2.36. The zero-order valence-corrected chi connectivity index (χ0v) is 11.4. The molecule has 2 N–H and O–H groups in total. The number of likely N-dealkylation sites (tertiary alicyclic amines) is 1. The third-order valence-corrected chi connectivity index (χ3v) is 3.78. The maximum atomic E-state index is 13.3. The lowest BCUT2D eigenvalue weighted by molar-refractivity contribution is -0.140. The molecule has 1 aromatic carbocycles. The summed E-state index contributed by atoms with van der Waals surface area (Å²) in [4.78, 5) is 2.05. The normalized spacial score (nSPS) is 24.6. The fourth-order valence-corrected chi connectivity index (χ4v) is 2.80. The van der Waals surface area contributed by atoms with Crippen molar-refractivity contribution < 1.29 is 17.6 Å². The van der Waals surface area contributed by atoms with Gasteiger partial charge in [0.25, 0.3) is 0 Å². The SMILES string of the molecule is CC(C)N1CCC(N)C1c1ccc(F)c(C(F)(F)F)c1. The Bertz CT molecular complexity index is 485. The third kappa shape index (κ3) is 2.81. The fourth-order valence-electron chi connectivity index (χ4n) is 2.80. The van der Waals surface area contributed by atoms with Crippen LogP contribution in [0.1, 0.15) is 37.4 Å². The minimum absolute atomic E-state index is 0.174. The van der Waals surface area contributed by atoms with Gasteiger partial charge in [-0.15, -0.1) is 0 Å². The predicted molar refractivity (Wildman–Crippen MR) is 68.6 cm³/mol. The predicted octanol–water partition coefficient (Wildman–Crippen LogP) is 3.33. The van der Waals surface area contributed by atoms with Gasteiger partial charge in [-0.25, -0.2) is 4.39 Å². The number of hydrogen-bond donors (Lipinski definition) is 1. The second-order valence-corrected chi connectivity index (χ2v) is 5.47. The van der Waals surface area contributed by atoms with Gasteiger partial charge >= 0.3 is 6.18 Å². The molecule has 0 aromatic heterocycles. The summed E-state index contributed by atoms with van der Waals surface area (Å²) in [7, 11) is 0. The second-order valence-electron chi connectivity index (χ2n) is 5.47. The molecule has 0 bridgehead atoms. The second kappa shape index (κ2) is 5.33. The zero-order valence-electron chi connectivity index (χ0n) is 11.4. The van der Waals surface area contributed by atoms with Crippen LogP contribution in [-0.2, 0) is 6.18 Å². The molecule has 6 heteroatoms. The summed E-state index contributed by atoms with van der Waals surface area (Å²) < 4.78 is 51.7. The van der Waals surface area contributed by atoms with E-state index in [0.29, 0.717) is 5.56 Å². The van der Waals surface area contributed by atoms with Crippen molar-refractivity contribution in [1.29, 1.82) is 0 Å². The number of hydrogen-bond acceptors (Lipinski definition) is 2. The maximum absolute atomic E-state index is 13.3. The number of alkyl halides is 3. The first kappa shape index (κ1) is 15.3. The lowest BCUT2D eigenvalue weighted by Gasteiger charge is -2.30. The molecule has 1 aliphatic rings. The van der Waals surface area contributed by atoms with Gasteiger partial charge in [-0.2, -0.15) is 13.2 Å². The highest BCUT2D eigenvalue weighted by atomic mass is 19.4. The van der Waals surface area contributed by atoms with Gasteiger partial charge in [-0.05, 0) is 38.0 Å². The number of nitrogens with zero attached hydrogens (tertiary/aromatic N) is 1. The molecular weight excluding hydrogens is 272 g/mol. The van der Waals surface area contributed by atoms with Crippen LogP contribution >= 0.6 is 0 Å². The lowest BCUT2D eigenvalue weighted by atomic mass is 9.97. The van der Waals surface area contributed by atoms with Gasteiger partial charge in [0.15, 0.2) is 0 Å². The van der Waals surface area contributed by atoms with Crippen molar-refractivity contribution in [2.24, 2.45) is 5.73 Å². The fraction of sp³-hybridized carbons (Fsp3) is 0.571. The van der Waals surface area contributed by atoms with E-state index in [9.17, 15) is 17.6 Å². The van der Waals surface area contributed by atoms with Crippen LogP contribution in [0.4, 0.5) is 17.6 Å². The van der Waals surface area contributed by atoms with Crippen LogP contribution in [0.5, 0.6) is 0 Å². The van der Waals surface area contributed by atoms with Crippen LogP contribution in [0.2, 0.25) is 0 Å². The van der Waals surface area contributed by atoms with E-state index in [1.807, 2.05) is 13.8 Å². The van der Waals surface area contributed by atoms with Crippen LogP contribution in [0, 0.1) is 5.82 Å². The van der Waals surface area contributed by atoms with Crippen LogP contribution in [0.25, 0.3) is 0 Å². The number of nitrogens with two attached hydrogens (primary N) is 1. The molecule has 2 nitrogen and oxygen atoms in total. The summed E-state index contributed by atoms with van der Waals surface area (Å²) in [6.45, 7) is 4.68. The Labute approximate surface area is 115 Å². The number of rotatable bonds is 2. The molecule has 0 radical (unpaired) electrons. The van der Waals surface area contributed by atoms with E-state index in [-0.39, 0.29) is 18.1 Å². The molecule has 1 fully saturated rings. The van der Waals surface area contributed by atoms with Crippen molar-refractivity contribution in [3.05, 3.63) is 35.1 Å². The zero-order chi connectivity index (χ0) is 15.1. The van der Waals surface area contributed by atoms with Gasteiger partial charge in [0.1, 0.15) is 5.82 Å². The summed E-state index contributed by atoms with van der Waals surface area (Å²) in [5.41, 5.74) is 5.22. The number of halogens is 4. The molecule has 0 spiro atoms. The summed E-state index contributed by atoms with van der Waals surface area (Å²) in [6.07, 6.45) is -3.97. The first-order chi connectivity index (χ1) is 9.21. The van der Waals surface area contributed by atoms with E-state index < -0.39 is 17.6 Å². The Balaban J connectivity index is 2.42. The molecule has 0 aliphatic carbocycles. The van der Waals surface area contributed by atoms with E-state index in [4.69, 9.17) is 5.73 Å². The molecule has 1 aromatic rings. The molecule has 2 unspecified atom stereocenters. The summed E-state index contributed by atoms with van der Waals surface area (Å²) in [5, 5.41) is 0. The molecule has 1 saturated heterocycles. The first-order valence-corrected chi connectivity index (χ1v) is 6.59. The molecule has 1 heterocycles. The van der Waals surface area contributed by atoms with Crippen molar-refractivity contribution in [1.82, 2.24) is 4.90 Å². The van der Waals surface area contributed by atoms with Gasteiger partial charge < -0.3 is 5.73 Å². The average molecular weight is 290 g/mol. The molecule has 2 rings (SSSR count). The van der Waals surface area contributed by atoms with E-state index in [2.05, 4.69) is 4.90 Å². The van der Waals surface area contributed by atoms with Gasteiger partial charge in [0.05, 0.1) is 11.6 Å². The van der Waals surface area contributed by atoms with Crippen molar-refractivity contribution in [2.75, 3.05) is 6.54 Å². The van der Waals surface area contributed by atoms with E-state index >= 15 is 0 Å². The minimum Gasteiger partial charge on any atom is -0.326 e. The molecule has 112 valence electrons. The molecule has 2 atom stereocenters. The number of benzene rings is 1. The van der Waals surface area contributed by atoms with E-state index in [1.54, 1.807) is 0 Å². The Morgan fingerprint density at radius 3 is 2.50 bits per heavy atom. The molecule has 0 saturated carbocycles. The van der Waals surface area contributed by atoms with Gasteiger partial charge in [0, 0.05) is 18.6 Å². The molecule has 0 amide bonds. The van der Waals surface area contributed by atoms with Gasteiger partial charge in [-0.1, -0.05) is 6.07 Å².